The summed E-state index contributed by atoms with van der Waals surface area (Å²) in [7, 11) is 2.01. The quantitative estimate of drug-likeness (QED) is 0.662. The Balaban J connectivity index is 2.05. The number of thiazole rings is 1. The van der Waals surface area contributed by atoms with E-state index in [4.69, 9.17) is 4.42 Å². The van der Waals surface area contributed by atoms with Crippen LogP contribution in [0, 0.1) is 6.92 Å². The molecule has 24 heavy (non-hydrogen) atoms. The molecule has 0 radical (unpaired) electrons. The Morgan fingerprint density at radius 2 is 2.17 bits per heavy atom. The van der Waals surface area contributed by atoms with Crippen molar-refractivity contribution in [2.24, 2.45) is 4.99 Å². The lowest BCUT2D eigenvalue weighted by atomic mass is 9.94. The van der Waals surface area contributed by atoms with E-state index in [0.29, 0.717) is 12.4 Å². The number of nitrogens with one attached hydrogen (secondary N) is 1. The van der Waals surface area contributed by atoms with E-state index < -0.39 is 0 Å². The van der Waals surface area contributed by atoms with Crippen molar-refractivity contribution >= 4 is 17.3 Å². The fraction of sp³-hybridized carbons (Fsp3) is 0.588. The Bertz CT molecular complexity index is 683. The molecule has 2 rings (SSSR count). The number of nitrogens with zero attached hydrogens (tertiary/aromatic N) is 4. The normalized spacial score (nSPS) is 12.5. The second-order valence-electron chi connectivity index (χ2n) is 6.75. The predicted molar refractivity (Wildman–Crippen MR) is 98.3 cm³/mol. The minimum absolute atomic E-state index is 0.0429. The average Bonchev–Trinajstić information content (AvgIpc) is 3.12. The number of hydrogen-bond acceptors (Lipinski definition) is 5. The van der Waals surface area contributed by atoms with Gasteiger partial charge in [-0.1, -0.05) is 20.8 Å². The van der Waals surface area contributed by atoms with Gasteiger partial charge in [-0.25, -0.2) is 15.0 Å². The Labute approximate surface area is 148 Å². The molecule has 6 nitrogen and oxygen atoms in total. The van der Waals surface area contributed by atoms with Crippen molar-refractivity contribution in [1.29, 1.82) is 0 Å². The standard InChI is InChI=1S/C17H27N5OS/c1-7-18-16(22(6)10-13-11-24-12(2)21-13)20-9-15-19-8-14(23-15)17(3,4)5/h8,11H,7,9-10H2,1-6H3,(H,18,20). The topological polar surface area (TPSA) is 66.6 Å². The van der Waals surface area contributed by atoms with Crippen LogP contribution in [0.25, 0.3) is 0 Å². The third kappa shape index (κ3) is 5.06. The molecule has 0 fully saturated rings. The third-order valence-corrected chi connectivity index (χ3v) is 4.24. The van der Waals surface area contributed by atoms with E-state index >= 15 is 0 Å². The first-order valence-electron chi connectivity index (χ1n) is 8.15. The molecule has 2 heterocycles. The van der Waals surface area contributed by atoms with Gasteiger partial charge in [0.15, 0.2) is 5.96 Å². The molecule has 0 aromatic carbocycles. The van der Waals surface area contributed by atoms with E-state index in [0.717, 1.165) is 35.5 Å². The lowest BCUT2D eigenvalue weighted by Gasteiger charge is -2.20. The molecule has 2 aromatic heterocycles. The van der Waals surface area contributed by atoms with E-state index in [1.165, 1.54) is 0 Å². The van der Waals surface area contributed by atoms with Crippen molar-refractivity contribution in [3.05, 3.63) is 33.9 Å². The van der Waals surface area contributed by atoms with Crippen LogP contribution in [0.4, 0.5) is 0 Å². The minimum atomic E-state index is -0.0429. The molecule has 2 aromatic rings. The summed E-state index contributed by atoms with van der Waals surface area (Å²) in [6, 6.07) is 0. The highest BCUT2D eigenvalue weighted by Gasteiger charge is 2.19. The largest absolute Gasteiger partial charge is 0.443 e. The number of aliphatic imine (C=N–C) groups is 1. The number of guanidine groups is 1. The monoisotopic (exact) mass is 349 g/mol. The second kappa shape index (κ2) is 7.79. The van der Waals surface area contributed by atoms with Crippen molar-refractivity contribution in [2.75, 3.05) is 13.6 Å². The molecule has 0 aliphatic carbocycles. The second-order valence-corrected chi connectivity index (χ2v) is 7.81. The fourth-order valence-electron chi connectivity index (χ4n) is 2.14. The molecule has 1 N–H and O–H groups in total. The van der Waals surface area contributed by atoms with Crippen LogP contribution in [-0.4, -0.2) is 34.4 Å². The van der Waals surface area contributed by atoms with Crippen LogP contribution in [0.2, 0.25) is 0 Å². The maximum atomic E-state index is 5.80. The van der Waals surface area contributed by atoms with Crippen LogP contribution in [0.5, 0.6) is 0 Å². The van der Waals surface area contributed by atoms with Gasteiger partial charge < -0.3 is 14.6 Å². The van der Waals surface area contributed by atoms with Gasteiger partial charge in [0.25, 0.3) is 0 Å². The zero-order valence-corrected chi connectivity index (χ0v) is 16.2. The summed E-state index contributed by atoms with van der Waals surface area (Å²) >= 11 is 1.66. The van der Waals surface area contributed by atoms with Crippen molar-refractivity contribution < 1.29 is 4.42 Å². The van der Waals surface area contributed by atoms with Crippen molar-refractivity contribution in [1.82, 2.24) is 20.2 Å². The molecule has 0 atom stereocenters. The summed E-state index contributed by atoms with van der Waals surface area (Å²) in [6.45, 7) is 12.3. The first-order chi connectivity index (χ1) is 11.3. The molecule has 0 saturated heterocycles. The Kier molecular flexibility index (Phi) is 5.99. The third-order valence-electron chi connectivity index (χ3n) is 3.42. The zero-order chi connectivity index (χ0) is 17.7. The number of aromatic nitrogens is 2. The highest BCUT2D eigenvalue weighted by Crippen LogP contribution is 2.22. The summed E-state index contributed by atoms with van der Waals surface area (Å²) in [6.07, 6.45) is 1.79. The fourth-order valence-corrected chi connectivity index (χ4v) is 2.74. The molecule has 0 saturated carbocycles. The van der Waals surface area contributed by atoms with E-state index in [2.05, 4.69) is 58.3 Å². The Morgan fingerprint density at radius 1 is 1.42 bits per heavy atom. The van der Waals surface area contributed by atoms with Crippen LogP contribution in [-0.2, 0) is 18.5 Å². The number of aryl methyl sites for hydroxylation is 1. The summed E-state index contributed by atoms with van der Waals surface area (Å²) < 4.78 is 5.80. The molecule has 132 valence electrons. The van der Waals surface area contributed by atoms with Gasteiger partial charge in [0.1, 0.15) is 12.3 Å². The van der Waals surface area contributed by atoms with Gasteiger partial charge in [0, 0.05) is 24.4 Å². The molecule has 7 heteroatoms. The van der Waals surface area contributed by atoms with Gasteiger partial charge >= 0.3 is 0 Å². The number of oxazole rings is 1. The first-order valence-corrected chi connectivity index (χ1v) is 9.03. The van der Waals surface area contributed by atoms with Crippen LogP contribution in [0.3, 0.4) is 0 Å². The van der Waals surface area contributed by atoms with Gasteiger partial charge in [0.05, 0.1) is 23.4 Å². The molecular weight excluding hydrogens is 322 g/mol. The van der Waals surface area contributed by atoms with E-state index in [-0.39, 0.29) is 5.41 Å². The van der Waals surface area contributed by atoms with Crippen LogP contribution >= 0.6 is 11.3 Å². The molecule has 0 unspecified atom stereocenters. The van der Waals surface area contributed by atoms with Crippen LogP contribution < -0.4 is 5.32 Å². The molecule has 0 bridgehead atoms. The summed E-state index contributed by atoms with van der Waals surface area (Å²) in [5.74, 6) is 2.33. The first kappa shape index (κ1) is 18.4. The minimum Gasteiger partial charge on any atom is -0.443 e. The summed E-state index contributed by atoms with van der Waals surface area (Å²) in [5, 5.41) is 6.46. The number of rotatable bonds is 5. The molecule has 0 aliphatic heterocycles. The predicted octanol–water partition coefficient (Wildman–Crippen LogP) is 3.33. The Hall–Kier alpha value is -1.89. The van der Waals surface area contributed by atoms with Gasteiger partial charge in [0.2, 0.25) is 5.89 Å². The van der Waals surface area contributed by atoms with Crippen molar-refractivity contribution in [3.63, 3.8) is 0 Å². The Morgan fingerprint density at radius 3 is 2.71 bits per heavy atom. The molecule has 0 aliphatic rings. The molecule has 0 amide bonds. The van der Waals surface area contributed by atoms with E-state index in [1.807, 2.05) is 14.0 Å². The SMILES string of the molecule is CCNC(=NCc1ncc(C(C)(C)C)o1)N(C)Cc1csc(C)n1. The summed E-state index contributed by atoms with van der Waals surface area (Å²) in [4.78, 5) is 15.5. The van der Waals surface area contributed by atoms with E-state index in [1.54, 1.807) is 17.5 Å². The van der Waals surface area contributed by atoms with Gasteiger partial charge in [-0.3, -0.25) is 0 Å². The van der Waals surface area contributed by atoms with Gasteiger partial charge in [-0.2, -0.15) is 0 Å². The van der Waals surface area contributed by atoms with Gasteiger partial charge in [-0.15, -0.1) is 11.3 Å². The summed E-state index contributed by atoms with van der Waals surface area (Å²) in [5.41, 5.74) is 1.01. The average molecular weight is 350 g/mol. The highest BCUT2D eigenvalue weighted by molar-refractivity contribution is 7.09. The molecular formula is C17H27N5OS. The maximum absolute atomic E-state index is 5.80. The van der Waals surface area contributed by atoms with Crippen LogP contribution in [0.1, 0.15) is 50.0 Å². The van der Waals surface area contributed by atoms with E-state index in [9.17, 15) is 0 Å². The zero-order valence-electron chi connectivity index (χ0n) is 15.4. The lowest BCUT2D eigenvalue weighted by Crippen LogP contribution is -2.38. The maximum Gasteiger partial charge on any atom is 0.216 e. The van der Waals surface area contributed by atoms with Crippen molar-refractivity contribution in [2.45, 2.75) is 53.1 Å². The number of hydrogen-bond donors (Lipinski definition) is 1. The smallest absolute Gasteiger partial charge is 0.216 e. The highest BCUT2D eigenvalue weighted by atomic mass is 32.1. The lowest BCUT2D eigenvalue weighted by molar-refractivity contribution is 0.382. The van der Waals surface area contributed by atoms with Crippen molar-refractivity contribution in [3.8, 4) is 0 Å². The van der Waals surface area contributed by atoms with Crippen LogP contribution in [0.15, 0.2) is 21.0 Å². The van der Waals surface area contributed by atoms with Gasteiger partial charge in [-0.05, 0) is 13.8 Å². The molecule has 0 spiro atoms.